The molecule has 1 fully saturated rings. The van der Waals surface area contributed by atoms with E-state index < -0.39 is 75.3 Å². The Morgan fingerprint density at radius 3 is 1.54 bits per heavy atom. The molecule has 1 aromatic heterocycles. The van der Waals surface area contributed by atoms with Gasteiger partial charge in [-0.05, 0) is 61.6 Å². The van der Waals surface area contributed by atoms with Crippen molar-refractivity contribution in [3.63, 3.8) is 0 Å². The van der Waals surface area contributed by atoms with Crippen molar-refractivity contribution in [1.29, 1.82) is 0 Å². The van der Waals surface area contributed by atoms with Gasteiger partial charge >= 0.3 is 0 Å². The van der Waals surface area contributed by atoms with Crippen molar-refractivity contribution in [1.82, 2.24) is 4.57 Å². The quantitative estimate of drug-likeness (QED) is 0.118. The molecule has 0 bridgehead atoms. The van der Waals surface area contributed by atoms with Crippen molar-refractivity contribution in [2.24, 2.45) is 0 Å². The molecule has 5 aromatic rings. The second-order valence-corrected chi connectivity index (χ2v) is 9.86. The van der Waals surface area contributed by atoms with E-state index in [4.69, 9.17) is 4.74 Å². The normalized spacial score (nSPS) is 15.8. The summed E-state index contributed by atoms with van der Waals surface area (Å²) in [7, 11) is 0. The first-order chi connectivity index (χ1) is 19.5. The summed E-state index contributed by atoms with van der Waals surface area (Å²) in [4.78, 5) is 0. The molecule has 1 atom stereocenters. The number of nitrogens with zero attached hydrogens (tertiary/aromatic N) is 1. The van der Waals surface area contributed by atoms with Crippen LogP contribution in [-0.4, -0.2) is 11.2 Å². The summed E-state index contributed by atoms with van der Waals surface area (Å²) in [6.07, 6.45) is 1.73. The van der Waals surface area contributed by atoms with Gasteiger partial charge in [0.15, 0.2) is 40.7 Å². The van der Waals surface area contributed by atoms with Crippen LogP contribution in [-0.2, 0) is 4.74 Å². The first kappa shape index (κ1) is 27.2. The topological polar surface area (TPSA) is 14.2 Å². The molecule has 0 amide bonds. The fourth-order valence-corrected chi connectivity index (χ4v) is 5.46. The van der Waals surface area contributed by atoms with Crippen LogP contribution in [0.4, 0.5) is 39.5 Å². The molecule has 1 unspecified atom stereocenters. The SMILES string of the molecule is Cc1c(F)c(F)c(F)c(-c2ccc3c(c2)c2cc(-c4c(F)c(F)c(F)c(F)c4F)ccc2n3C2CCCCO2)c1F. The molecule has 1 saturated heterocycles. The Kier molecular flexibility index (Phi) is 6.52. The minimum atomic E-state index is -2.30. The Labute approximate surface area is 226 Å². The zero-order valence-electron chi connectivity index (χ0n) is 21.1. The van der Waals surface area contributed by atoms with Crippen LogP contribution in [0.25, 0.3) is 44.1 Å². The van der Waals surface area contributed by atoms with Crippen LogP contribution in [0.15, 0.2) is 36.4 Å². The molecule has 2 heterocycles. The predicted octanol–water partition coefficient (Wildman–Crippen LogP) is 9.39. The Hall–Kier alpha value is -3.99. The maximum absolute atomic E-state index is 15.0. The highest BCUT2D eigenvalue weighted by Crippen LogP contribution is 2.41. The number of hydrogen-bond donors (Lipinski definition) is 0. The number of rotatable bonds is 3. The summed E-state index contributed by atoms with van der Waals surface area (Å²) >= 11 is 0. The van der Waals surface area contributed by atoms with Gasteiger partial charge in [0.1, 0.15) is 12.0 Å². The monoisotopic (exact) mass is 579 g/mol. The third kappa shape index (κ3) is 4.00. The lowest BCUT2D eigenvalue weighted by Crippen LogP contribution is -2.17. The van der Waals surface area contributed by atoms with E-state index in [0.717, 1.165) is 19.8 Å². The molecule has 2 nitrogen and oxygen atoms in total. The molecule has 0 aliphatic carbocycles. The zero-order valence-corrected chi connectivity index (χ0v) is 21.1. The van der Waals surface area contributed by atoms with Gasteiger partial charge in [-0.2, -0.15) is 0 Å². The fraction of sp³-hybridized carbons (Fsp3) is 0.200. The van der Waals surface area contributed by atoms with Gasteiger partial charge in [-0.1, -0.05) is 12.1 Å². The lowest BCUT2D eigenvalue weighted by Gasteiger charge is -2.25. The van der Waals surface area contributed by atoms with E-state index >= 15 is 4.39 Å². The van der Waals surface area contributed by atoms with Crippen molar-refractivity contribution in [2.75, 3.05) is 6.61 Å². The Bertz CT molecular complexity index is 1710. The second kappa shape index (κ2) is 9.83. The zero-order chi connectivity index (χ0) is 29.3. The van der Waals surface area contributed by atoms with Gasteiger partial charge in [0.05, 0.1) is 22.2 Å². The predicted molar refractivity (Wildman–Crippen MR) is 134 cm³/mol. The van der Waals surface area contributed by atoms with Crippen LogP contribution in [0.5, 0.6) is 0 Å². The average Bonchev–Trinajstić information content (AvgIpc) is 3.31. The van der Waals surface area contributed by atoms with Crippen molar-refractivity contribution in [3.05, 3.63) is 94.3 Å². The molecule has 0 N–H and O–H groups in total. The maximum Gasteiger partial charge on any atom is 0.200 e. The first-order valence-corrected chi connectivity index (χ1v) is 12.6. The number of ether oxygens (including phenoxy) is 1. The second-order valence-electron chi connectivity index (χ2n) is 9.86. The maximum atomic E-state index is 15.0. The number of aromatic nitrogens is 1. The molecule has 4 aromatic carbocycles. The molecule has 0 saturated carbocycles. The minimum Gasteiger partial charge on any atom is -0.358 e. The number of fused-ring (bicyclic) bond motifs is 3. The molecule has 0 radical (unpaired) electrons. The third-order valence-electron chi connectivity index (χ3n) is 7.52. The van der Waals surface area contributed by atoms with Crippen LogP contribution >= 0.6 is 0 Å². The number of hydrogen-bond acceptors (Lipinski definition) is 1. The summed E-state index contributed by atoms with van der Waals surface area (Å²) in [5.41, 5.74) is -2.31. The Morgan fingerprint density at radius 2 is 1.05 bits per heavy atom. The summed E-state index contributed by atoms with van der Waals surface area (Å²) in [5.74, 6) is -17.2. The van der Waals surface area contributed by atoms with Gasteiger partial charge < -0.3 is 9.30 Å². The van der Waals surface area contributed by atoms with Gasteiger partial charge in [-0.25, -0.2) is 39.5 Å². The van der Waals surface area contributed by atoms with Gasteiger partial charge in [0.2, 0.25) is 5.82 Å². The van der Waals surface area contributed by atoms with Gasteiger partial charge in [0, 0.05) is 22.9 Å². The van der Waals surface area contributed by atoms with Gasteiger partial charge in [0.25, 0.3) is 0 Å². The molecule has 1 aliphatic rings. The van der Waals surface area contributed by atoms with E-state index in [2.05, 4.69) is 0 Å². The summed E-state index contributed by atoms with van der Waals surface area (Å²) in [5, 5.41) is 0.496. The van der Waals surface area contributed by atoms with Crippen LogP contribution in [0.2, 0.25) is 0 Å². The molecular weight excluding hydrogens is 561 g/mol. The van der Waals surface area contributed by atoms with Crippen molar-refractivity contribution < 1.29 is 44.3 Å². The molecule has 11 heteroatoms. The van der Waals surface area contributed by atoms with Gasteiger partial charge in [-0.3, -0.25) is 0 Å². The highest BCUT2D eigenvalue weighted by atomic mass is 19.2. The molecule has 41 heavy (non-hydrogen) atoms. The molecule has 212 valence electrons. The number of halogens is 9. The van der Waals surface area contributed by atoms with Crippen LogP contribution in [0.3, 0.4) is 0 Å². The van der Waals surface area contributed by atoms with E-state index in [1.165, 1.54) is 36.4 Å². The van der Waals surface area contributed by atoms with E-state index in [-0.39, 0.29) is 21.9 Å². The summed E-state index contributed by atoms with van der Waals surface area (Å²) in [6, 6.07) is 7.89. The first-order valence-electron chi connectivity index (χ1n) is 12.6. The standard InChI is InChI=1S/C30H18F9NO/c1-12-22(31)20(24(33)27(36)23(12)32)13-5-7-17-15(10-13)16-11-14(21-25(34)28(37)30(39)29(38)26(21)35)6-8-18(16)40(17)19-4-2-3-9-41-19/h5-8,10-11,19H,2-4,9H2,1H3. The lowest BCUT2D eigenvalue weighted by molar-refractivity contribution is -0.0267. The lowest BCUT2D eigenvalue weighted by atomic mass is 9.97. The minimum absolute atomic E-state index is 0.167. The third-order valence-corrected chi connectivity index (χ3v) is 7.52. The van der Waals surface area contributed by atoms with Crippen molar-refractivity contribution >= 4 is 21.8 Å². The van der Waals surface area contributed by atoms with Gasteiger partial charge in [-0.15, -0.1) is 0 Å². The van der Waals surface area contributed by atoms with Crippen LogP contribution < -0.4 is 0 Å². The highest BCUT2D eigenvalue weighted by molar-refractivity contribution is 6.10. The highest BCUT2D eigenvalue weighted by Gasteiger charge is 2.29. The van der Waals surface area contributed by atoms with E-state index in [1.54, 1.807) is 4.57 Å². The largest absolute Gasteiger partial charge is 0.358 e. The van der Waals surface area contributed by atoms with Crippen LogP contribution in [0, 0.1) is 59.3 Å². The smallest absolute Gasteiger partial charge is 0.200 e. The summed E-state index contributed by atoms with van der Waals surface area (Å²) in [6.45, 7) is 1.40. The van der Waals surface area contributed by atoms with E-state index in [0.29, 0.717) is 24.1 Å². The van der Waals surface area contributed by atoms with Crippen molar-refractivity contribution in [2.45, 2.75) is 32.4 Å². The Balaban J connectivity index is 1.67. The molecule has 1 aliphatic heterocycles. The van der Waals surface area contributed by atoms with E-state index in [9.17, 15) is 35.1 Å². The molecule has 6 rings (SSSR count). The van der Waals surface area contributed by atoms with E-state index in [1.807, 2.05) is 0 Å². The fourth-order valence-electron chi connectivity index (χ4n) is 5.46. The Morgan fingerprint density at radius 1 is 0.585 bits per heavy atom. The number of benzene rings is 4. The molecular formula is C30H18F9NO. The molecule has 0 spiro atoms. The average molecular weight is 579 g/mol. The summed E-state index contributed by atoms with van der Waals surface area (Å²) < 4.78 is 137. The van der Waals surface area contributed by atoms with Crippen molar-refractivity contribution in [3.8, 4) is 22.3 Å². The van der Waals surface area contributed by atoms with Crippen LogP contribution in [0.1, 0.15) is 31.1 Å².